The second kappa shape index (κ2) is 13.6. The third-order valence-corrected chi connectivity index (χ3v) is 7.88. The zero-order valence-electron chi connectivity index (χ0n) is 24.5. The number of aromatic hydroxyl groups is 2. The maximum absolute atomic E-state index is 10.7. The number of rotatable bonds is 9. The van der Waals surface area contributed by atoms with Gasteiger partial charge < -0.3 is 84.2 Å². The maximum Gasteiger partial charge on any atom is 0.229 e. The standard InChI is InChI=1S/C29H36O17/c1-40-15-3-10(4-16(41-2)20(15)33)27-17(44-29-26(39)24(37)22(35)19(9-31)46-29)7-12-13(42-27)5-11(32)6-14(12)43-28-25(38)23(36)21(34)18(8-30)45-28/h3-7,18-19,21-39H,8-9H2,1-2H3/t18-,19-,21+,22+,23+,24+,25+,26+,27?,28-,29-/m0/s1. The van der Waals surface area contributed by atoms with Crippen molar-refractivity contribution >= 4 is 6.08 Å². The van der Waals surface area contributed by atoms with Crippen LogP contribution in [0.5, 0.6) is 34.5 Å². The summed E-state index contributed by atoms with van der Waals surface area (Å²) in [4.78, 5) is 0. The summed E-state index contributed by atoms with van der Waals surface area (Å²) in [5, 5.41) is 102. The van der Waals surface area contributed by atoms with Crippen LogP contribution < -0.4 is 18.9 Å². The first-order valence-electron chi connectivity index (χ1n) is 14.1. The first-order chi connectivity index (χ1) is 21.9. The molecule has 2 aromatic rings. The van der Waals surface area contributed by atoms with Gasteiger partial charge >= 0.3 is 0 Å². The Morgan fingerprint density at radius 3 is 1.67 bits per heavy atom. The first kappa shape index (κ1) is 33.7. The van der Waals surface area contributed by atoms with Crippen LogP contribution in [0.3, 0.4) is 0 Å². The highest BCUT2D eigenvalue weighted by atomic mass is 16.7. The number of hydrogen-bond acceptors (Lipinski definition) is 17. The highest BCUT2D eigenvalue weighted by molar-refractivity contribution is 5.70. The van der Waals surface area contributed by atoms with Gasteiger partial charge in [0.15, 0.2) is 17.6 Å². The Balaban J connectivity index is 1.59. The van der Waals surface area contributed by atoms with E-state index in [1.807, 2.05) is 0 Å². The normalized spacial score (nSPS) is 34.1. The van der Waals surface area contributed by atoms with Crippen molar-refractivity contribution in [3.05, 3.63) is 41.2 Å². The van der Waals surface area contributed by atoms with Crippen molar-refractivity contribution in [2.75, 3.05) is 27.4 Å². The van der Waals surface area contributed by atoms with Gasteiger partial charge in [0, 0.05) is 17.7 Å². The van der Waals surface area contributed by atoms with Gasteiger partial charge in [-0.15, -0.1) is 0 Å². The molecule has 0 saturated carbocycles. The van der Waals surface area contributed by atoms with E-state index in [9.17, 15) is 51.1 Å². The predicted octanol–water partition coefficient (Wildman–Crippen LogP) is -2.42. The molecule has 0 radical (unpaired) electrons. The van der Waals surface area contributed by atoms with Crippen LogP contribution in [-0.2, 0) is 14.2 Å². The van der Waals surface area contributed by atoms with Gasteiger partial charge in [0.2, 0.25) is 18.3 Å². The van der Waals surface area contributed by atoms with Crippen LogP contribution in [0.15, 0.2) is 30.0 Å². The number of phenols is 2. The lowest BCUT2D eigenvalue weighted by molar-refractivity contribution is -0.293. The van der Waals surface area contributed by atoms with Crippen LogP contribution >= 0.6 is 0 Å². The zero-order valence-corrected chi connectivity index (χ0v) is 24.5. The quantitative estimate of drug-likeness (QED) is 0.135. The van der Waals surface area contributed by atoms with Gasteiger partial charge in [-0.1, -0.05) is 0 Å². The minimum absolute atomic E-state index is 0.0153. The lowest BCUT2D eigenvalue weighted by atomic mass is 9.98. The Labute approximate surface area is 261 Å². The molecule has 3 heterocycles. The van der Waals surface area contributed by atoms with Crippen LogP contribution in [0, 0.1) is 0 Å². The zero-order chi connectivity index (χ0) is 33.4. The van der Waals surface area contributed by atoms with E-state index in [-0.39, 0.29) is 51.4 Å². The van der Waals surface area contributed by atoms with E-state index in [0.29, 0.717) is 0 Å². The minimum atomic E-state index is -1.81. The molecule has 11 atom stereocenters. The van der Waals surface area contributed by atoms with E-state index in [4.69, 9.17) is 33.2 Å². The molecule has 1 unspecified atom stereocenters. The summed E-state index contributed by atoms with van der Waals surface area (Å²) in [5.74, 6) is -1.05. The number of hydrogen-bond donors (Lipinski definition) is 10. The Hall–Kier alpha value is -3.62. The van der Waals surface area contributed by atoms with Gasteiger partial charge in [-0.2, -0.15) is 0 Å². The summed E-state index contributed by atoms with van der Waals surface area (Å²) in [6.45, 7) is -1.44. The third kappa shape index (κ3) is 6.21. The Morgan fingerprint density at radius 1 is 0.652 bits per heavy atom. The molecule has 254 valence electrons. The van der Waals surface area contributed by atoms with Crippen molar-refractivity contribution in [2.24, 2.45) is 0 Å². The monoisotopic (exact) mass is 656 g/mol. The average Bonchev–Trinajstić information content (AvgIpc) is 3.05. The number of aliphatic hydroxyl groups excluding tert-OH is 8. The maximum atomic E-state index is 10.7. The summed E-state index contributed by atoms with van der Waals surface area (Å²) in [6.07, 6.45) is -16.3. The van der Waals surface area contributed by atoms with E-state index in [0.717, 1.165) is 6.07 Å². The summed E-state index contributed by atoms with van der Waals surface area (Å²) >= 11 is 0. The lowest BCUT2D eigenvalue weighted by Gasteiger charge is -2.41. The van der Waals surface area contributed by atoms with E-state index >= 15 is 0 Å². The fraction of sp³-hybridized carbons (Fsp3) is 0.517. The van der Waals surface area contributed by atoms with E-state index in [1.165, 1.54) is 38.5 Å². The number of fused-ring (bicyclic) bond motifs is 1. The molecular weight excluding hydrogens is 620 g/mol. The van der Waals surface area contributed by atoms with Gasteiger partial charge in [0.1, 0.15) is 71.8 Å². The Kier molecular flexibility index (Phi) is 9.99. The number of methoxy groups -OCH3 is 2. The molecule has 2 fully saturated rings. The van der Waals surface area contributed by atoms with Crippen molar-refractivity contribution in [3.63, 3.8) is 0 Å². The average molecular weight is 657 g/mol. The molecule has 0 aromatic heterocycles. The van der Waals surface area contributed by atoms with E-state index < -0.39 is 80.7 Å². The van der Waals surface area contributed by atoms with Crippen LogP contribution in [0.4, 0.5) is 0 Å². The van der Waals surface area contributed by atoms with Crippen LogP contribution in [0.25, 0.3) is 6.08 Å². The van der Waals surface area contributed by atoms with Gasteiger partial charge in [0.05, 0.1) is 33.0 Å². The minimum Gasteiger partial charge on any atom is -0.508 e. The molecule has 10 N–H and O–H groups in total. The molecule has 17 heteroatoms. The molecule has 3 aliphatic heterocycles. The Bertz CT molecular complexity index is 1390. The topological polar surface area (TPSA) is 267 Å². The molecule has 3 aliphatic rings. The van der Waals surface area contributed by atoms with Gasteiger partial charge in [-0.05, 0) is 18.2 Å². The highest BCUT2D eigenvalue weighted by Crippen LogP contribution is 2.48. The van der Waals surface area contributed by atoms with E-state index in [1.54, 1.807) is 0 Å². The van der Waals surface area contributed by atoms with E-state index in [2.05, 4.69) is 0 Å². The second-order valence-corrected chi connectivity index (χ2v) is 10.8. The number of aliphatic hydroxyl groups is 8. The fourth-order valence-electron chi connectivity index (χ4n) is 5.31. The largest absolute Gasteiger partial charge is 0.508 e. The molecular formula is C29H36O17. The highest BCUT2D eigenvalue weighted by Gasteiger charge is 2.47. The molecule has 0 bridgehead atoms. The fourth-order valence-corrected chi connectivity index (χ4v) is 5.31. The summed E-state index contributed by atoms with van der Waals surface area (Å²) in [6, 6.07) is 5.13. The smallest absolute Gasteiger partial charge is 0.229 e. The lowest BCUT2D eigenvalue weighted by Crippen LogP contribution is -2.60. The van der Waals surface area contributed by atoms with Gasteiger partial charge in [-0.3, -0.25) is 0 Å². The van der Waals surface area contributed by atoms with Crippen molar-refractivity contribution in [3.8, 4) is 34.5 Å². The summed E-state index contributed by atoms with van der Waals surface area (Å²) in [5.41, 5.74) is 0.330. The van der Waals surface area contributed by atoms with Gasteiger partial charge in [-0.25, -0.2) is 0 Å². The van der Waals surface area contributed by atoms with Crippen molar-refractivity contribution in [1.82, 2.24) is 0 Å². The van der Waals surface area contributed by atoms with Crippen LogP contribution in [0.1, 0.15) is 17.2 Å². The van der Waals surface area contributed by atoms with Crippen molar-refractivity contribution < 1.29 is 84.2 Å². The molecule has 0 aliphatic carbocycles. The SMILES string of the molecule is COc1cc(C2Oc3cc(O)cc(O[C@H]4O[C@@H](CO)[C@@H](O)[C@@H](O)[C@H]4O)c3C=C2O[C@H]2O[C@@H](CO)[C@@H](O)[C@@H](O)[C@H]2O)cc(OC)c1O. The third-order valence-electron chi connectivity index (χ3n) is 7.88. The first-order valence-corrected chi connectivity index (χ1v) is 14.1. The molecule has 17 nitrogen and oxygen atoms in total. The summed E-state index contributed by atoms with van der Waals surface area (Å²) < 4.78 is 39.5. The summed E-state index contributed by atoms with van der Waals surface area (Å²) in [7, 11) is 2.61. The number of ether oxygens (including phenoxy) is 7. The molecule has 0 spiro atoms. The number of phenolic OH excluding ortho intramolecular Hbond substituents is 2. The van der Waals surface area contributed by atoms with Crippen molar-refractivity contribution in [1.29, 1.82) is 0 Å². The molecule has 0 amide bonds. The second-order valence-electron chi connectivity index (χ2n) is 10.8. The molecule has 2 aromatic carbocycles. The predicted molar refractivity (Wildman–Crippen MR) is 150 cm³/mol. The van der Waals surface area contributed by atoms with Crippen molar-refractivity contribution in [2.45, 2.75) is 67.5 Å². The molecule has 46 heavy (non-hydrogen) atoms. The Morgan fingerprint density at radius 2 is 1.17 bits per heavy atom. The van der Waals surface area contributed by atoms with Gasteiger partial charge in [0.25, 0.3) is 0 Å². The number of benzene rings is 2. The van der Waals surface area contributed by atoms with Crippen LogP contribution in [-0.4, -0.2) is 140 Å². The molecule has 2 saturated heterocycles. The van der Waals surface area contributed by atoms with Crippen LogP contribution in [0.2, 0.25) is 0 Å². The molecule has 5 rings (SSSR count).